The first-order chi connectivity index (χ1) is 54.6. The SMILES string of the molecule is Fc1cc(CN2CCC2)cc(-c2cncc3[nH]c(-c4[nH]nc5ncc(-c6cccnc6)cc45)nc23)c1.Fc1cc(CN2CCCC2)cc(-c2cncc3[nH]c(-c4[nH]nc5ncc(-c6cccnc6)cc45)nc23)c1.Fc1cc(CN2CCCCC2)cc(-c2cncc3[nH]c(-c4[nH]nc5ncc(-c6cccnc6)cc45)nc23)c1. The van der Waals surface area contributed by atoms with Gasteiger partial charge < -0.3 is 15.0 Å². The summed E-state index contributed by atoms with van der Waals surface area (Å²) in [5.41, 5.74) is 21.6. The van der Waals surface area contributed by atoms with Gasteiger partial charge in [0.25, 0.3) is 0 Å². The van der Waals surface area contributed by atoms with E-state index in [1.807, 2.05) is 66.7 Å². The molecule has 0 spiro atoms. The molecule has 0 bridgehead atoms. The number of hydrogen-bond acceptors (Lipinski definition) is 18. The van der Waals surface area contributed by atoms with Crippen molar-refractivity contribution < 1.29 is 13.2 Å². The molecule has 3 aromatic carbocycles. The number of fused-ring (bicyclic) bond motifs is 6. The fourth-order valence-corrected chi connectivity index (χ4v) is 15.2. The van der Waals surface area contributed by atoms with Crippen LogP contribution in [0.4, 0.5) is 13.2 Å². The molecule has 6 N–H and O–H groups in total. The van der Waals surface area contributed by atoms with Crippen molar-refractivity contribution in [3.8, 4) is 101 Å². The summed E-state index contributed by atoms with van der Waals surface area (Å²) >= 11 is 0. The van der Waals surface area contributed by atoms with Crippen molar-refractivity contribution in [3.05, 3.63) is 236 Å². The van der Waals surface area contributed by atoms with Gasteiger partial charge in [-0.3, -0.25) is 59.9 Å². The van der Waals surface area contributed by atoms with Crippen LogP contribution < -0.4 is 0 Å². The molecular formula is C84H69F3N24. The number of rotatable bonds is 15. The molecule has 0 radical (unpaired) electrons. The summed E-state index contributed by atoms with van der Waals surface area (Å²) in [6.45, 7) is 8.57. The monoisotopic (exact) mass is 1470 g/mol. The maximum absolute atomic E-state index is 14.8. The largest absolute Gasteiger partial charge is 0.335 e. The molecule has 0 atom stereocenters. The Bertz CT molecular complexity index is 6440. The highest BCUT2D eigenvalue weighted by molar-refractivity contribution is 6.00. The zero-order valence-corrected chi connectivity index (χ0v) is 59.8. The lowest BCUT2D eigenvalue weighted by molar-refractivity contribution is 0.172. The number of hydrogen-bond donors (Lipinski definition) is 6. The molecule has 18 heterocycles. The van der Waals surface area contributed by atoms with Gasteiger partial charge >= 0.3 is 0 Å². The maximum Gasteiger partial charge on any atom is 0.181 e. The fourth-order valence-electron chi connectivity index (χ4n) is 15.2. The highest BCUT2D eigenvalue weighted by Crippen LogP contribution is 2.38. The van der Waals surface area contributed by atoms with E-state index in [9.17, 15) is 13.2 Å². The molecule has 27 heteroatoms. The number of aromatic nitrogens is 21. The molecule has 24 nitrogen and oxygen atoms in total. The predicted octanol–water partition coefficient (Wildman–Crippen LogP) is 16.1. The summed E-state index contributed by atoms with van der Waals surface area (Å²) in [5.74, 6) is 1.08. The molecule has 3 aliphatic heterocycles. The number of H-pyrrole nitrogens is 6. The molecular weight excluding hydrogens is 1400 g/mol. The minimum absolute atomic E-state index is 0.254. The summed E-state index contributed by atoms with van der Waals surface area (Å²) in [4.78, 5) is 71.3. The third-order valence-corrected chi connectivity index (χ3v) is 20.7. The molecule has 18 aromatic rings. The summed E-state index contributed by atoms with van der Waals surface area (Å²) in [5, 5.41) is 24.9. The van der Waals surface area contributed by atoms with Gasteiger partial charge in [0.15, 0.2) is 34.4 Å². The van der Waals surface area contributed by atoms with Crippen molar-refractivity contribution in [3.63, 3.8) is 0 Å². The first-order valence-corrected chi connectivity index (χ1v) is 37.0. The van der Waals surface area contributed by atoms with Gasteiger partial charge in [-0.25, -0.2) is 43.1 Å². The second-order valence-corrected chi connectivity index (χ2v) is 28.3. The first-order valence-electron chi connectivity index (χ1n) is 37.0. The first kappa shape index (κ1) is 68.1. The van der Waals surface area contributed by atoms with Crippen molar-refractivity contribution in [1.82, 2.24) is 120 Å². The van der Waals surface area contributed by atoms with Gasteiger partial charge in [0.2, 0.25) is 0 Å². The summed E-state index contributed by atoms with van der Waals surface area (Å²) in [6, 6.07) is 33.4. The Kier molecular flexibility index (Phi) is 18.1. The molecule has 3 aliphatic rings. The lowest BCUT2D eigenvalue weighted by atomic mass is 10.0. The summed E-state index contributed by atoms with van der Waals surface area (Å²) in [7, 11) is 0. The average molecular weight is 1470 g/mol. The van der Waals surface area contributed by atoms with E-state index in [0.29, 0.717) is 34.4 Å². The van der Waals surface area contributed by atoms with E-state index >= 15 is 0 Å². The van der Waals surface area contributed by atoms with Gasteiger partial charge in [-0.15, -0.1) is 0 Å². The van der Waals surface area contributed by atoms with Gasteiger partial charge in [0.05, 0.1) is 67.8 Å². The van der Waals surface area contributed by atoms with Gasteiger partial charge in [0, 0.05) is 144 Å². The van der Waals surface area contributed by atoms with E-state index in [0.717, 1.165) is 209 Å². The van der Waals surface area contributed by atoms with E-state index in [1.165, 1.54) is 38.5 Å². The molecule has 15 aromatic heterocycles. The van der Waals surface area contributed by atoms with Crippen molar-refractivity contribution in [2.75, 3.05) is 39.3 Å². The Hall–Kier alpha value is -13.5. The van der Waals surface area contributed by atoms with Gasteiger partial charge in [0.1, 0.15) is 34.5 Å². The number of aromatic amines is 6. The zero-order chi connectivity index (χ0) is 74.3. The number of piperidine rings is 1. The molecule has 3 saturated heterocycles. The highest BCUT2D eigenvalue weighted by Gasteiger charge is 2.24. The fraction of sp³-hybridized carbons (Fsp3) is 0.179. The third-order valence-electron chi connectivity index (χ3n) is 20.7. The van der Waals surface area contributed by atoms with Crippen LogP contribution in [0.25, 0.3) is 168 Å². The zero-order valence-electron chi connectivity index (χ0n) is 59.8. The smallest absolute Gasteiger partial charge is 0.181 e. The van der Waals surface area contributed by atoms with Crippen molar-refractivity contribution in [2.45, 2.75) is 58.2 Å². The van der Waals surface area contributed by atoms with E-state index in [2.05, 4.69) is 111 Å². The number of halogens is 3. The molecule has 0 unspecified atom stereocenters. The van der Waals surface area contributed by atoms with Crippen LogP contribution in [0.2, 0.25) is 0 Å². The molecule has 0 aliphatic carbocycles. The van der Waals surface area contributed by atoms with Crippen molar-refractivity contribution in [2.24, 2.45) is 0 Å². The quantitative estimate of drug-likeness (QED) is 0.0556. The van der Waals surface area contributed by atoms with Gasteiger partial charge in [-0.05, 0) is 196 Å². The second kappa shape index (κ2) is 29.6. The van der Waals surface area contributed by atoms with Gasteiger partial charge in [-0.1, -0.05) is 24.6 Å². The molecule has 546 valence electrons. The summed E-state index contributed by atoms with van der Waals surface area (Å²) < 4.78 is 44.0. The number of pyridine rings is 9. The van der Waals surface area contributed by atoms with Crippen molar-refractivity contribution >= 4 is 66.2 Å². The highest BCUT2D eigenvalue weighted by atomic mass is 19.1. The Labute approximate surface area is 631 Å². The van der Waals surface area contributed by atoms with E-state index < -0.39 is 0 Å². The van der Waals surface area contributed by atoms with E-state index in [-0.39, 0.29) is 17.5 Å². The molecule has 0 saturated carbocycles. The second-order valence-electron chi connectivity index (χ2n) is 28.3. The van der Waals surface area contributed by atoms with Crippen LogP contribution in [0, 0.1) is 17.5 Å². The van der Waals surface area contributed by atoms with Crippen LogP contribution in [0.5, 0.6) is 0 Å². The van der Waals surface area contributed by atoms with Crippen LogP contribution in [0.15, 0.2) is 202 Å². The van der Waals surface area contributed by atoms with Crippen LogP contribution in [0.3, 0.4) is 0 Å². The number of nitrogens with zero attached hydrogens (tertiary/aromatic N) is 18. The molecule has 3 fully saturated rings. The predicted molar refractivity (Wildman–Crippen MR) is 420 cm³/mol. The average Bonchev–Trinajstić information content (AvgIpc) is 1.63. The third kappa shape index (κ3) is 14.1. The van der Waals surface area contributed by atoms with Crippen molar-refractivity contribution in [1.29, 1.82) is 0 Å². The number of imidazole rings is 3. The Balaban J connectivity index is 0.000000112. The number of nitrogens with one attached hydrogen (secondary N) is 6. The normalized spacial score (nSPS) is 14.2. The maximum atomic E-state index is 14.8. The standard InChI is InChI=1S/C29H25FN8.C28H23FN8.C27H21FN8/c30-22-10-18(17-38-7-2-1-3-8-38)9-20(11-22)24-15-32-16-25-26(24)35-29(34-25)27-23-12-21(14-33-28(23)37-36-27)19-5-4-6-31-13-19;29-21-9-17(16-37-6-1-2-7-37)8-19(10-21)23-14-31-15-24-25(23)34-28(33-24)26-22-11-20(13-32-27(22)36-35-26)18-4-3-5-30-12-18;28-20-8-16(15-36-5-2-6-36)7-18(9-20)22-13-30-14-23-24(22)33-27(32-23)25-21-10-19(12-31-26(21)35-34-25)17-3-1-4-29-11-17/h4-6,9-16H,1-3,7-8,17H2,(H,34,35)(H,33,36,37);3-5,8-15H,1-2,6-7,16H2,(H,33,34)(H,32,35,36);1,3-4,7-14H,2,5-6,15H2,(H,32,33)(H,31,34,35). The lowest BCUT2D eigenvalue weighted by Crippen LogP contribution is -2.36. The number of likely N-dealkylation sites (tertiary alicyclic amines) is 3. The van der Waals surface area contributed by atoms with Gasteiger partial charge in [-0.2, -0.15) is 15.3 Å². The number of benzene rings is 3. The Morgan fingerprint density at radius 3 is 0.937 bits per heavy atom. The molecule has 0 amide bonds. The minimum atomic E-state index is -0.260. The lowest BCUT2D eigenvalue weighted by Gasteiger charge is -2.30. The van der Waals surface area contributed by atoms with Crippen LogP contribution in [-0.4, -0.2) is 159 Å². The topological polar surface area (TPSA) is 298 Å². The minimum Gasteiger partial charge on any atom is -0.335 e. The summed E-state index contributed by atoms with van der Waals surface area (Å²) in [6.07, 6.45) is 33.7. The Morgan fingerprint density at radius 1 is 0.306 bits per heavy atom. The molecule has 111 heavy (non-hydrogen) atoms. The Morgan fingerprint density at radius 2 is 0.631 bits per heavy atom. The van der Waals surface area contributed by atoms with E-state index in [4.69, 9.17) is 15.0 Å². The molecule has 21 rings (SSSR count). The van der Waals surface area contributed by atoms with Crippen LogP contribution in [0.1, 0.15) is 55.2 Å². The van der Waals surface area contributed by atoms with Crippen LogP contribution in [-0.2, 0) is 19.6 Å². The van der Waals surface area contributed by atoms with E-state index in [1.54, 1.807) is 129 Å². The van der Waals surface area contributed by atoms with Crippen LogP contribution >= 0.6 is 0 Å².